The molecule has 0 atom stereocenters. The van der Waals surface area contributed by atoms with Crippen LogP contribution in [0.3, 0.4) is 0 Å². The van der Waals surface area contributed by atoms with Crippen molar-refractivity contribution in [2.75, 3.05) is 37.7 Å². The third kappa shape index (κ3) is 2.99. The van der Waals surface area contributed by atoms with E-state index in [0.29, 0.717) is 13.1 Å². The van der Waals surface area contributed by atoms with E-state index >= 15 is 0 Å². The van der Waals surface area contributed by atoms with E-state index in [1.165, 1.54) is 0 Å². The van der Waals surface area contributed by atoms with E-state index in [2.05, 4.69) is 14.9 Å². The van der Waals surface area contributed by atoms with Gasteiger partial charge in [-0.15, -0.1) is 0 Å². The summed E-state index contributed by atoms with van der Waals surface area (Å²) in [6.07, 6.45) is 5.24. The van der Waals surface area contributed by atoms with E-state index < -0.39 is 0 Å². The highest BCUT2D eigenvalue weighted by molar-refractivity contribution is 5.94. The van der Waals surface area contributed by atoms with Crippen LogP contribution in [0.4, 0.5) is 5.95 Å². The highest BCUT2D eigenvalue weighted by Crippen LogP contribution is 2.22. The number of carbonyl (C=O) groups excluding carboxylic acids is 1. The first-order valence-electron chi connectivity index (χ1n) is 7.39. The monoisotopic (exact) mass is 288 g/mol. The van der Waals surface area contributed by atoms with Gasteiger partial charge in [0.2, 0.25) is 5.95 Å². The molecule has 3 heterocycles. The third-order valence-electron chi connectivity index (χ3n) is 3.97. The molecule has 0 saturated carbocycles. The van der Waals surface area contributed by atoms with Gasteiger partial charge in [-0.1, -0.05) is 0 Å². The Kier molecular flexibility index (Phi) is 4.03. The molecule has 2 aliphatic rings. The zero-order valence-corrected chi connectivity index (χ0v) is 12.3. The van der Waals surface area contributed by atoms with Crippen LogP contribution in [0.25, 0.3) is 0 Å². The number of ether oxygens (including phenoxy) is 1. The minimum Gasteiger partial charge on any atom is -0.498 e. The Hall–Kier alpha value is -2.11. The molecule has 1 amide bonds. The van der Waals surface area contributed by atoms with E-state index in [9.17, 15) is 4.79 Å². The fraction of sp³-hybridized carbons (Fsp3) is 0.533. The largest absolute Gasteiger partial charge is 0.498 e. The second kappa shape index (κ2) is 6.11. The van der Waals surface area contributed by atoms with Gasteiger partial charge in [0.15, 0.2) is 0 Å². The molecule has 0 aromatic carbocycles. The minimum atomic E-state index is 0.126. The molecule has 1 aromatic rings. The highest BCUT2D eigenvalue weighted by Gasteiger charge is 2.27. The standard InChI is InChI=1S/C15H20N4O2/c1-12-13(4-2-11-21-12)14(20)18-7-9-19(10-8-18)15-16-5-3-6-17-15/h3,5-6H,2,4,7-11H2,1H3. The fourth-order valence-electron chi connectivity index (χ4n) is 2.75. The average molecular weight is 288 g/mol. The quantitative estimate of drug-likeness (QED) is 0.818. The molecule has 3 rings (SSSR count). The molecule has 0 spiro atoms. The van der Waals surface area contributed by atoms with Gasteiger partial charge in [-0.3, -0.25) is 4.79 Å². The summed E-state index contributed by atoms with van der Waals surface area (Å²) in [5, 5.41) is 0. The number of anilines is 1. The normalized spacial score (nSPS) is 19.5. The van der Waals surface area contributed by atoms with Crippen LogP contribution in [-0.2, 0) is 9.53 Å². The topological polar surface area (TPSA) is 58.6 Å². The summed E-state index contributed by atoms with van der Waals surface area (Å²) in [6, 6.07) is 1.81. The van der Waals surface area contributed by atoms with Crippen LogP contribution in [0.1, 0.15) is 19.8 Å². The molecule has 0 aliphatic carbocycles. The predicted octanol–water partition coefficient (Wildman–Crippen LogP) is 1.21. The number of hydrogen-bond acceptors (Lipinski definition) is 5. The Morgan fingerprint density at radius 2 is 1.90 bits per heavy atom. The molecule has 1 saturated heterocycles. The molecule has 0 bridgehead atoms. The maximum atomic E-state index is 12.5. The Balaban J connectivity index is 1.62. The number of nitrogens with zero attached hydrogens (tertiary/aromatic N) is 4. The smallest absolute Gasteiger partial charge is 0.253 e. The van der Waals surface area contributed by atoms with Crippen LogP contribution in [0.2, 0.25) is 0 Å². The van der Waals surface area contributed by atoms with E-state index in [4.69, 9.17) is 4.74 Å². The molecule has 112 valence electrons. The van der Waals surface area contributed by atoms with Crippen LogP contribution >= 0.6 is 0 Å². The number of rotatable bonds is 2. The van der Waals surface area contributed by atoms with Crippen molar-refractivity contribution in [2.45, 2.75) is 19.8 Å². The lowest BCUT2D eigenvalue weighted by Gasteiger charge is -2.35. The van der Waals surface area contributed by atoms with Gasteiger partial charge in [-0.2, -0.15) is 0 Å². The van der Waals surface area contributed by atoms with Crippen molar-refractivity contribution in [3.8, 4) is 0 Å². The molecule has 1 aromatic heterocycles. The number of amides is 1. The predicted molar refractivity (Wildman–Crippen MR) is 78.7 cm³/mol. The summed E-state index contributed by atoms with van der Waals surface area (Å²) in [5.41, 5.74) is 0.839. The van der Waals surface area contributed by atoms with E-state index in [-0.39, 0.29) is 5.91 Å². The summed E-state index contributed by atoms with van der Waals surface area (Å²) in [4.78, 5) is 25.1. The number of aromatic nitrogens is 2. The molecular formula is C15H20N4O2. The number of piperazine rings is 1. The van der Waals surface area contributed by atoms with Crippen LogP contribution in [-0.4, -0.2) is 53.6 Å². The summed E-state index contributed by atoms with van der Waals surface area (Å²) < 4.78 is 5.49. The molecule has 6 nitrogen and oxygen atoms in total. The van der Waals surface area contributed by atoms with Crippen molar-refractivity contribution in [3.05, 3.63) is 29.8 Å². The Morgan fingerprint density at radius 3 is 2.57 bits per heavy atom. The molecule has 21 heavy (non-hydrogen) atoms. The molecule has 1 fully saturated rings. The first kappa shape index (κ1) is 13.9. The van der Waals surface area contributed by atoms with Crippen LogP contribution in [0.15, 0.2) is 29.8 Å². The van der Waals surface area contributed by atoms with E-state index in [1.807, 2.05) is 17.9 Å². The Labute approximate surface area is 124 Å². The summed E-state index contributed by atoms with van der Waals surface area (Å²) >= 11 is 0. The molecular weight excluding hydrogens is 268 g/mol. The van der Waals surface area contributed by atoms with Gasteiger partial charge >= 0.3 is 0 Å². The van der Waals surface area contributed by atoms with Gasteiger partial charge in [-0.25, -0.2) is 9.97 Å². The summed E-state index contributed by atoms with van der Waals surface area (Å²) in [6.45, 7) is 5.55. The van der Waals surface area contributed by atoms with Crippen LogP contribution in [0, 0.1) is 0 Å². The zero-order chi connectivity index (χ0) is 14.7. The lowest BCUT2D eigenvalue weighted by molar-refractivity contribution is -0.128. The maximum absolute atomic E-state index is 12.5. The van der Waals surface area contributed by atoms with Crippen molar-refractivity contribution in [2.24, 2.45) is 0 Å². The van der Waals surface area contributed by atoms with Crippen molar-refractivity contribution in [3.63, 3.8) is 0 Å². The zero-order valence-electron chi connectivity index (χ0n) is 12.3. The lowest BCUT2D eigenvalue weighted by Crippen LogP contribution is -2.49. The van der Waals surface area contributed by atoms with Crippen LogP contribution in [0.5, 0.6) is 0 Å². The average Bonchev–Trinajstić information content (AvgIpc) is 2.56. The Morgan fingerprint density at radius 1 is 1.19 bits per heavy atom. The van der Waals surface area contributed by atoms with Gasteiger partial charge in [-0.05, 0) is 25.8 Å². The molecule has 0 unspecified atom stereocenters. The van der Waals surface area contributed by atoms with E-state index in [0.717, 1.165) is 49.8 Å². The van der Waals surface area contributed by atoms with Gasteiger partial charge in [0.25, 0.3) is 5.91 Å². The second-order valence-electron chi connectivity index (χ2n) is 5.31. The molecule has 6 heteroatoms. The molecule has 0 N–H and O–H groups in total. The number of carbonyl (C=O) groups is 1. The van der Waals surface area contributed by atoms with Crippen molar-refractivity contribution in [1.82, 2.24) is 14.9 Å². The summed E-state index contributed by atoms with van der Waals surface area (Å²) in [7, 11) is 0. The lowest BCUT2D eigenvalue weighted by atomic mass is 10.1. The van der Waals surface area contributed by atoms with Crippen LogP contribution < -0.4 is 4.90 Å². The van der Waals surface area contributed by atoms with Crippen molar-refractivity contribution >= 4 is 11.9 Å². The van der Waals surface area contributed by atoms with E-state index in [1.54, 1.807) is 12.4 Å². The Bertz CT molecular complexity index is 536. The second-order valence-corrected chi connectivity index (χ2v) is 5.31. The molecule has 2 aliphatic heterocycles. The van der Waals surface area contributed by atoms with Crippen molar-refractivity contribution in [1.29, 1.82) is 0 Å². The summed E-state index contributed by atoms with van der Waals surface area (Å²) in [5.74, 6) is 1.65. The van der Waals surface area contributed by atoms with Gasteiger partial charge < -0.3 is 14.5 Å². The maximum Gasteiger partial charge on any atom is 0.253 e. The van der Waals surface area contributed by atoms with Gasteiger partial charge in [0, 0.05) is 38.6 Å². The first-order valence-corrected chi connectivity index (χ1v) is 7.39. The minimum absolute atomic E-state index is 0.126. The number of hydrogen-bond donors (Lipinski definition) is 0. The third-order valence-corrected chi connectivity index (χ3v) is 3.97. The number of allylic oxidation sites excluding steroid dienone is 1. The highest BCUT2D eigenvalue weighted by atomic mass is 16.5. The SMILES string of the molecule is CC1=C(C(=O)N2CCN(c3ncccn3)CC2)CCCO1. The fourth-order valence-corrected chi connectivity index (χ4v) is 2.75. The van der Waals surface area contributed by atoms with Gasteiger partial charge in [0.05, 0.1) is 12.2 Å². The molecule has 0 radical (unpaired) electrons. The van der Waals surface area contributed by atoms with Crippen molar-refractivity contribution < 1.29 is 9.53 Å². The first-order chi connectivity index (χ1) is 10.3. The van der Waals surface area contributed by atoms with Gasteiger partial charge in [0.1, 0.15) is 5.76 Å².